The van der Waals surface area contributed by atoms with Crippen LogP contribution in [0.25, 0.3) is 0 Å². The molecule has 0 aliphatic carbocycles. The first-order valence-electron chi connectivity index (χ1n) is 3.93. The lowest BCUT2D eigenvalue weighted by Gasteiger charge is -2.04. The van der Waals surface area contributed by atoms with E-state index in [0.717, 1.165) is 7.11 Å². The first-order valence-corrected chi connectivity index (χ1v) is 3.93. The number of esters is 1. The zero-order valence-electron chi connectivity index (χ0n) is 7.83. The Morgan fingerprint density at radius 2 is 2.14 bits per heavy atom. The molecule has 0 saturated heterocycles. The molecule has 4 heteroatoms. The van der Waals surface area contributed by atoms with Crippen LogP contribution in [0.4, 0.5) is 4.39 Å². The highest BCUT2D eigenvalue weighted by Gasteiger charge is 2.15. The fourth-order valence-electron chi connectivity index (χ4n) is 1.14. The average molecular weight is 196 g/mol. The van der Waals surface area contributed by atoms with Gasteiger partial charge in [0, 0.05) is 0 Å². The highest BCUT2D eigenvalue weighted by atomic mass is 19.1. The van der Waals surface area contributed by atoms with Gasteiger partial charge in [-0.05, 0) is 24.6 Å². The second-order valence-corrected chi connectivity index (χ2v) is 2.83. The van der Waals surface area contributed by atoms with Gasteiger partial charge in [-0.25, -0.2) is 9.18 Å². The number of ether oxygens (including phenoxy) is 1. The lowest BCUT2D eigenvalue weighted by molar-refractivity contribution is 0.0595. The molecule has 0 aliphatic heterocycles. The van der Waals surface area contributed by atoms with Crippen LogP contribution >= 0.6 is 0 Å². The van der Waals surface area contributed by atoms with Crippen LogP contribution in [0.3, 0.4) is 0 Å². The molecule has 1 aromatic rings. The molecule has 1 aromatic carbocycles. The van der Waals surface area contributed by atoms with Crippen LogP contribution in [0.15, 0.2) is 12.1 Å². The van der Waals surface area contributed by atoms with Crippen LogP contribution < -0.4 is 0 Å². The number of hydrogen-bond acceptors (Lipinski definition) is 3. The molecule has 0 aromatic heterocycles. The van der Waals surface area contributed by atoms with Crippen molar-refractivity contribution in [2.75, 3.05) is 7.11 Å². The summed E-state index contributed by atoms with van der Waals surface area (Å²) in [4.78, 5) is 21.5. The fourth-order valence-corrected chi connectivity index (χ4v) is 1.14. The van der Waals surface area contributed by atoms with Crippen LogP contribution in [0.5, 0.6) is 0 Å². The second kappa shape index (κ2) is 4.00. The van der Waals surface area contributed by atoms with Crippen molar-refractivity contribution < 1.29 is 18.7 Å². The Kier molecular flexibility index (Phi) is 2.96. The molecule has 0 heterocycles. The summed E-state index contributed by atoms with van der Waals surface area (Å²) in [6.07, 6.45) is 0.370. The van der Waals surface area contributed by atoms with Gasteiger partial charge in [-0.1, -0.05) is 0 Å². The fraction of sp³-hybridized carbons (Fsp3) is 0.200. The van der Waals surface area contributed by atoms with Crippen molar-refractivity contribution in [1.82, 2.24) is 0 Å². The normalized spacial score (nSPS) is 9.64. The standard InChI is InChI=1S/C10H9FO3/c1-6-3-7(5-12)9(11)8(4-6)10(13)14-2/h3-5H,1-2H3. The Bertz CT molecular complexity index is 385. The monoisotopic (exact) mass is 196 g/mol. The third-order valence-electron chi connectivity index (χ3n) is 1.78. The SMILES string of the molecule is COC(=O)c1cc(C)cc(C=O)c1F. The first-order chi connectivity index (χ1) is 6.60. The number of hydrogen-bond donors (Lipinski definition) is 0. The van der Waals surface area contributed by atoms with Gasteiger partial charge in [-0.2, -0.15) is 0 Å². The average Bonchev–Trinajstić information content (AvgIpc) is 2.19. The van der Waals surface area contributed by atoms with E-state index in [0.29, 0.717) is 11.8 Å². The predicted octanol–water partition coefficient (Wildman–Crippen LogP) is 1.73. The summed E-state index contributed by atoms with van der Waals surface area (Å²) in [6, 6.07) is 2.71. The van der Waals surface area contributed by atoms with Gasteiger partial charge in [0.1, 0.15) is 5.82 Å². The summed E-state index contributed by atoms with van der Waals surface area (Å²) < 4.78 is 17.7. The van der Waals surface area contributed by atoms with Gasteiger partial charge < -0.3 is 4.74 Å². The molecule has 0 N–H and O–H groups in total. The molecule has 14 heavy (non-hydrogen) atoms. The Labute approximate surface area is 80.5 Å². The lowest BCUT2D eigenvalue weighted by Crippen LogP contribution is -2.07. The quantitative estimate of drug-likeness (QED) is 0.534. The Morgan fingerprint density at radius 3 is 2.64 bits per heavy atom. The minimum absolute atomic E-state index is 0.134. The summed E-state index contributed by atoms with van der Waals surface area (Å²) in [5, 5.41) is 0. The van der Waals surface area contributed by atoms with Crippen LogP contribution in [0, 0.1) is 12.7 Å². The third kappa shape index (κ3) is 1.79. The number of halogens is 1. The lowest BCUT2D eigenvalue weighted by atomic mass is 10.1. The molecule has 0 fully saturated rings. The number of aryl methyl sites for hydroxylation is 1. The topological polar surface area (TPSA) is 43.4 Å². The highest BCUT2D eigenvalue weighted by Crippen LogP contribution is 2.15. The van der Waals surface area contributed by atoms with E-state index in [2.05, 4.69) is 4.74 Å². The van der Waals surface area contributed by atoms with E-state index in [1.54, 1.807) is 6.92 Å². The molecule has 0 aliphatic rings. The summed E-state index contributed by atoms with van der Waals surface area (Å²) in [5.74, 6) is -1.62. The maximum absolute atomic E-state index is 13.4. The van der Waals surface area contributed by atoms with Crippen LogP contribution in [0.2, 0.25) is 0 Å². The number of aldehydes is 1. The molecule has 1 rings (SSSR count). The van der Waals surface area contributed by atoms with Crippen molar-refractivity contribution in [3.8, 4) is 0 Å². The number of rotatable bonds is 2. The molecule has 74 valence electrons. The summed E-state index contributed by atoms with van der Waals surface area (Å²) in [7, 11) is 1.16. The first kappa shape index (κ1) is 10.4. The van der Waals surface area contributed by atoms with Gasteiger partial charge >= 0.3 is 5.97 Å². The van der Waals surface area contributed by atoms with E-state index >= 15 is 0 Å². The van der Waals surface area contributed by atoms with Crippen molar-refractivity contribution >= 4 is 12.3 Å². The van der Waals surface area contributed by atoms with Crippen LogP contribution in [-0.2, 0) is 4.74 Å². The molecule has 0 radical (unpaired) electrons. The van der Waals surface area contributed by atoms with E-state index in [1.807, 2.05) is 0 Å². The van der Waals surface area contributed by atoms with E-state index < -0.39 is 11.8 Å². The van der Waals surface area contributed by atoms with Crippen molar-refractivity contribution in [2.45, 2.75) is 6.92 Å². The van der Waals surface area contributed by atoms with E-state index in [4.69, 9.17) is 0 Å². The smallest absolute Gasteiger partial charge is 0.340 e. The molecule has 0 unspecified atom stereocenters. The Balaban J connectivity index is 3.36. The molecular formula is C10H9FO3. The third-order valence-corrected chi connectivity index (χ3v) is 1.78. The molecule has 0 amide bonds. The van der Waals surface area contributed by atoms with Crippen molar-refractivity contribution in [3.05, 3.63) is 34.6 Å². The molecule has 0 bridgehead atoms. The number of carbonyl (C=O) groups excluding carboxylic acids is 2. The van der Waals surface area contributed by atoms with Gasteiger partial charge in [-0.15, -0.1) is 0 Å². The van der Waals surface area contributed by atoms with Crippen molar-refractivity contribution in [1.29, 1.82) is 0 Å². The largest absolute Gasteiger partial charge is 0.465 e. The van der Waals surface area contributed by atoms with Crippen molar-refractivity contribution in [3.63, 3.8) is 0 Å². The number of carbonyl (C=O) groups is 2. The maximum Gasteiger partial charge on any atom is 0.340 e. The predicted molar refractivity (Wildman–Crippen MR) is 47.9 cm³/mol. The zero-order chi connectivity index (χ0) is 10.7. The molecule has 0 spiro atoms. The van der Waals surface area contributed by atoms with Gasteiger partial charge in [0.05, 0.1) is 18.2 Å². The zero-order valence-corrected chi connectivity index (χ0v) is 7.83. The minimum atomic E-state index is -0.836. The molecule has 0 saturated carbocycles. The van der Waals surface area contributed by atoms with Crippen LogP contribution in [-0.4, -0.2) is 19.4 Å². The number of methoxy groups -OCH3 is 1. The summed E-state index contributed by atoms with van der Waals surface area (Å²) in [6.45, 7) is 1.67. The van der Waals surface area contributed by atoms with Gasteiger partial charge in [-0.3, -0.25) is 4.79 Å². The summed E-state index contributed by atoms with van der Waals surface area (Å²) in [5.41, 5.74) is 0.286. The van der Waals surface area contributed by atoms with E-state index in [1.165, 1.54) is 12.1 Å². The maximum atomic E-state index is 13.4. The van der Waals surface area contributed by atoms with Crippen LogP contribution in [0.1, 0.15) is 26.3 Å². The van der Waals surface area contributed by atoms with E-state index in [-0.39, 0.29) is 11.1 Å². The minimum Gasteiger partial charge on any atom is -0.465 e. The summed E-state index contributed by atoms with van der Waals surface area (Å²) >= 11 is 0. The number of benzene rings is 1. The van der Waals surface area contributed by atoms with Gasteiger partial charge in [0.2, 0.25) is 0 Å². The molecular weight excluding hydrogens is 187 g/mol. The molecule has 0 atom stereocenters. The second-order valence-electron chi connectivity index (χ2n) is 2.83. The molecule has 3 nitrogen and oxygen atoms in total. The van der Waals surface area contributed by atoms with Crippen molar-refractivity contribution in [2.24, 2.45) is 0 Å². The Hall–Kier alpha value is -1.71. The van der Waals surface area contributed by atoms with Gasteiger partial charge in [0.25, 0.3) is 0 Å². The van der Waals surface area contributed by atoms with Gasteiger partial charge in [0.15, 0.2) is 6.29 Å². The Morgan fingerprint density at radius 1 is 1.50 bits per heavy atom. The van der Waals surface area contributed by atoms with E-state index in [9.17, 15) is 14.0 Å². The highest BCUT2D eigenvalue weighted by molar-refractivity contribution is 5.92.